The number of carbonyl (C=O) groups excluding carboxylic acids is 1. The second kappa shape index (κ2) is 4.94. The number of nitrogens with two attached hydrogens (primary N) is 1. The number of hydrogen-bond donors (Lipinski definition) is 2. The highest BCUT2D eigenvalue weighted by Crippen LogP contribution is 2.37. The van der Waals surface area contributed by atoms with Crippen molar-refractivity contribution in [3.8, 4) is 0 Å². The van der Waals surface area contributed by atoms with E-state index in [4.69, 9.17) is 5.73 Å². The Bertz CT molecular complexity index is 688. The van der Waals surface area contributed by atoms with Crippen LogP contribution in [-0.4, -0.2) is 5.91 Å². The van der Waals surface area contributed by atoms with E-state index in [-0.39, 0.29) is 5.91 Å². The molecule has 1 aliphatic carbocycles. The average Bonchev–Trinajstić information content (AvgIpc) is 2.92. The van der Waals surface area contributed by atoms with Gasteiger partial charge in [0.15, 0.2) is 0 Å². The molecular formula is C16H18N2OS. The van der Waals surface area contributed by atoms with Crippen molar-refractivity contribution >= 4 is 27.9 Å². The normalized spacial score (nSPS) is 13.3. The van der Waals surface area contributed by atoms with Crippen LogP contribution >= 0.6 is 11.3 Å². The summed E-state index contributed by atoms with van der Waals surface area (Å²) in [5.74, 6) is -0.0751. The first kappa shape index (κ1) is 13.2. The minimum atomic E-state index is -0.0751. The van der Waals surface area contributed by atoms with E-state index < -0.39 is 0 Å². The predicted octanol–water partition coefficient (Wildman–Crippen LogP) is 3.69. The van der Waals surface area contributed by atoms with Gasteiger partial charge in [-0.05, 0) is 50.3 Å². The molecule has 3 N–H and O–H groups in total. The second-order valence-electron chi connectivity index (χ2n) is 5.37. The number of benzene rings is 1. The van der Waals surface area contributed by atoms with E-state index in [9.17, 15) is 4.79 Å². The largest absolute Gasteiger partial charge is 0.390 e. The zero-order valence-corrected chi connectivity index (χ0v) is 12.6. The lowest BCUT2D eigenvalue weighted by Crippen LogP contribution is -2.15. The Morgan fingerprint density at radius 2 is 2.10 bits per heavy atom. The maximum Gasteiger partial charge on any atom is 0.258 e. The molecule has 1 aromatic heterocycles. The number of nitrogen functional groups attached to an aromatic ring is 1. The summed E-state index contributed by atoms with van der Waals surface area (Å²) >= 11 is 1.57. The topological polar surface area (TPSA) is 55.1 Å². The number of rotatable bonds is 2. The lowest BCUT2D eigenvalue weighted by Gasteiger charge is -2.10. The third-order valence-electron chi connectivity index (χ3n) is 3.81. The summed E-state index contributed by atoms with van der Waals surface area (Å²) in [6.45, 7) is 4.05. The summed E-state index contributed by atoms with van der Waals surface area (Å²) in [5.41, 5.74) is 11.0. The number of aryl methyl sites for hydroxylation is 3. The third-order valence-corrected chi connectivity index (χ3v) is 4.93. The Labute approximate surface area is 122 Å². The smallest absolute Gasteiger partial charge is 0.258 e. The molecule has 104 valence electrons. The van der Waals surface area contributed by atoms with Crippen molar-refractivity contribution in [2.75, 3.05) is 11.1 Å². The lowest BCUT2D eigenvalue weighted by molar-refractivity contribution is 0.102. The maximum atomic E-state index is 12.5. The van der Waals surface area contributed by atoms with Gasteiger partial charge in [0.2, 0.25) is 0 Å². The fraction of sp³-hybridized carbons (Fsp3) is 0.312. The minimum Gasteiger partial charge on any atom is -0.390 e. The van der Waals surface area contributed by atoms with Crippen molar-refractivity contribution in [3.63, 3.8) is 0 Å². The van der Waals surface area contributed by atoms with E-state index in [1.807, 2.05) is 26.0 Å². The van der Waals surface area contributed by atoms with E-state index in [1.54, 1.807) is 11.3 Å². The van der Waals surface area contributed by atoms with E-state index in [2.05, 4.69) is 11.4 Å². The highest BCUT2D eigenvalue weighted by atomic mass is 32.1. The molecule has 0 fully saturated rings. The summed E-state index contributed by atoms with van der Waals surface area (Å²) < 4.78 is 0. The van der Waals surface area contributed by atoms with Crippen LogP contribution in [0.4, 0.5) is 10.7 Å². The van der Waals surface area contributed by atoms with Gasteiger partial charge in [0, 0.05) is 10.6 Å². The number of fused-ring (bicyclic) bond motifs is 1. The van der Waals surface area contributed by atoms with Gasteiger partial charge in [-0.25, -0.2) is 0 Å². The summed E-state index contributed by atoms with van der Waals surface area (Å²) in [4.78, 5) is 13.8. The van der Waals surface area contributed by atoms with E-state index in [1.165, 1.54) is 10.4 Å². The van der Waals surface area contributed by atoms with Gasteiger partial charge in [-0.15, -0.1) is 11.3 Å². The molecule has 0 spiro atoms. The monoisotopic (exact) mass is 286 g/mol. The number of nitrogens with one attached hydrogen (secondary N) is 1. The molecule has 1 heterocycles. The Hall–Kier alpha value is -1.81. The van der Waals surface area contributed by atoms with Crippen molar-refractivity contribution in [1.29, 1.82) is 0 Å². The Kier molecular flexibility index (Phi) is 3.26. The van der Waals surface area contributed by atoms with Crippen LogP contribution in [0.15, 0.2) is 18.2 Å². The van der Waals surface area contributed by atoms with Crippen LogP contribution in [0.2, 0.25) is 0 Å². The molecule has 0 aliphatic heterocycles. The number of thiophene rings is 1. The van der Waals surface area contributed by atoms with Crippen LogP contribution in [-0.2, 0) is 12.8 Å². The van der Waals surface area contributed by atoms with Crippen molar-refractivity contribution in [1.82, 2.24) is 0 Å². The predicted molar refractivity (Wildman–Crippen MR) is 84.6 cm³/mol. The molecule has 1 aromatic carbocycles. The highest BCUT2D eigenvalue weighted by molar-refractivity contribution is 7.16. The van der Waals surface area contributed by atoms with Crippen molar-refractivity contribution < 1.29 is 4.79 Å². The lowest BCUT2D eigenvalue weighted by atomic mass is 10.1. The molecule has 0 radical (unpaired) electrons. The van der Waals surface area contributed by atoms with Gasteiger partial charge in [0.05, 0.1) is 10.6 Å². The zero-order valence-electron chi connectivity index (χ0n) is 11.7. The number of amides is 1. The zero-order chi connectivity index (χ0) is 14.3. The summed E-state index contributed by atoms with van der Waals surface area (Å²) in [5, 5.41) is 3.65. The Morgan fingerprint density at radius 3 is 2.85 bits per heavy atom. The van der Waals surface area contributed by atoms with Crippen LogP contribution < -0.4 is 11.1 Å². The van der Waals surface area contributed by atoms with Crippen LogP contribution in [0.25, 0.3) is 0 Å². The fourth-order valence-electron chi connectivity index (χ4n) is 2.81. The molecule has 3 rings (SSSR count). The summed E-state index contributed by atoms with van der Waals surface area (Å²) in [7, 11) is 0. The van der Waals surface area contributed by atoms with Gasteiger partial charge in [-0.2, -0.15) is 0 Å². The molecule has 0 saturated heterocycles. The summed E-state index contributed by atoms with van der Waals surface area (Å²) in [6.07, 6.45) is 3.16. The second-order valence-corrected chi connectivity index (χ2v) is 6.51. The third kappa shape index (κ3) is 2.20. The van der Waals surface area contributed by atoms with Crippen molar-refractivity contribution in [3.05, 3.63) is 45.3 Å². The first-order valence-corrected chi connectivity index (χ1v) is 7.66. The molecule has 0 unspecified atom stereocenters. The van der Waals surface area contributed by atoms with Crippen molar-refractivity contribution in [2.24, 2.45) is 0 Å². The molecule has 0 atom stereocenters. The van der Waals surface area contributed by atoms with Gasteiger partial charge in [0.25, 0.3) is 5.91 Å². The molecule has 3 nitrogen and oxygen atoms in total. The van der Waals surface area contributed by atoms with E-state index in [0.717, 1.165) is 36.1 Å². The maximum absolute atomic E-state index is 12.5. The minimum absolute atomic E-state index is 0.0751. The molecule has 2 aromatic rings. The van der Waals surface area contributed by atoms with Crippen LogP contribution in [0.1, 0.15) is 38.3 Å². The van der Waals surface area contributed by atoms with Gasteiger partial charge in [-0.3, -0.25) is 4.79 Å². The molecule has 20 heavy (non-hydrogen) atoms. The highest BCUT2D eigenvalue weighted by Gasteiger charge is 2.25. The fourth-order valence-corrected chi connectivity index (χ4v) is 3.97. The van der Waals surface area contributed by atoms with Gasteiger partial charge < -0.3 is 11.1 Å². The molecule has 1 aliphatic rings. The standard InChI is InChI=1S/C16H18N2OS/c1-9-6-7-12(10(2)8-9)18-16(19)14-11-4-3-5-13(11)20-15(14)17/h6-8H,3-5,17H2,1-2H3,(H,18,19). The number of carbonyl (C=O) groups is 1. The first-order chi connectivity index (χ1) is 9.56. The van der Waals surface area contributed by atoms with E-state index in [0.29, 0.717) is 10.6 Å². The molecular weight excluding hydrogens is 268 g/mol. The molecule has 4 heteroatoms. The average molecular weight is 286 g/mol. The van der Waals surface area contributed by atoms with Gasteiger partial charge in [0.1, 0.15) is 0 Å². The van der Waals surface area contributed by atoms with Crippen molar-refractivity contribution in [2.45, 2.75) is 33.1 Å². The Morgan fingerprint density at radius 1 is 1.30 bits per heavy atom. The first-order valence-electron chi connectivity index (χ1n) is 6.85. The molecule has 0 bridgehead atoms. The Balaban J connectivity index is 1.90. The number of anilines is 2. The SMILES string of the molecule is Cc1ccc(NC(=O)c2c(N)sc3c2CCC3)c(C)c1. The summed E-state index contributed by atoms with van der Waals surface area (Å²) in [6, 6.07) is 6.02. The van der Waals surface area contributed by atoms with Crippen LogP contribution in [0, 0.1) is 13.8 Å². The number of hydrogen-bond acceptors (Lipinski definition) is 3. The molecule has 1 amide bonds. The van der Waals surface area contributed by atoms with Gasteiger partial charge in [-0.1, -0.05) is 17.7 Å². The van der Waals surface area contributed by atoms with Crippen LogP contribution in [0.3, 0.4) is 0 Å². The van der Waals surface area contributed by atoms with Crippen LogP contribution in [0.5, 0.6) is 0 Å². The van der Waals surface area contributed by atoms with E-state index >= 15 is 0 Å². The quantitative estimate of drug-likeness (QED) is 0.884. The van der Waals surface area contributed by atoms with Gasteiger partial charge >= 0.3 is 0 Å². The molecule has 0 saturated carbocycles.